The van der Waals surface area contributed by atoms with E-state index >= 15 is 0 Å². The molecule has 3 aromatic rings. The first-order valence-electron chi connectivity index (χ1n) is 7.34. The molecule has 8 nitrogen and oxygen atoms in total. The Kier molecular flexibility index (Phi) is 4.64. The molecule has 0 aliphatic carbocycles. The van der Waals surface area contributed by atoms with E-state index < -0.39 is 23.7 Å². The minimum Gasteiger partial charge on any atom is -0.437 e. The maximum absolute atomic E-state index is 12.7. The molecule has 14 heteroatoms. The Morgan fingerprint density at radius 2 is 1.29 bits per heavy atom. The first-order chi connectivity index (χ1) is 12.9. The second kappa shape index (κ2) is 6.69. The van der Waals surface area contributed by atoms with E-state index in [1.807, 2.05) is 0 Å². The molecule has 150 valence electrons. The average Bonchev–Trinajstić information content (AvgIpc) is 3.11. The highest BCUT2D eigenvalue weighted by Crippen LogP contribution is 2.34. The van der Waals surface area contributed by atoms with Crippen molar-refractivity contribution in [3.8, 4) is 23.4 Å². The molecular formula is C14H10F6N6O2. The summed E-state index contributed by atoms with van der Waals surface area (Å²) in [5.74, 6) is -0.850. The van der Waals surface area contributed by atoms with Crippen LogP contribution < -0.4 is 9.47 Å². The highest BCUT2D eigenvalue weighted by atomic mass is 19.4. The van der Waals surface area contributed by atoms with Crippen LogP contribution in [0.3, 0.4) is 0 Å². The van der Waals surface area contributed by atoms with Crippen molar-refractivity contribution in [3.05, 3.63) is 35.8 Å². The van der Waals surface area contributed by atoms with E-state index in [-0.39, 0.29) is 23.4 Å². The van der Waals surface area contributed by atoms with E-state index in [2.05, 4.69) is 20.4 Å². The predicted octanol–water partition coefficient (Wildman–Crippen LogP) is 3.57. The standard InChI is InChI=1S/C14H10F6N6O2/c1-25-11(4-8(23-25)13(15,16)17)27-7-3-10(22-21-6-7)28-12-5-9(14(18,19)20)24-26(12)2/h3-6H,1-2H3. The zero-order chi connectivity index (χ0) is 20.7. The molecule has 0 radical (unpaired) electrons. The summed E-state index contributed by atoms with van der Waals surface area (Å²) in [6.45, 7) is 0. The van der Waals surface area contributed by atoms with Gasteiger partial charge in [0.2, 0.25) is 17.6 Å². The lowest BCUT2D eigenvalue weighted by Gasteiger charge is -2.07. The van der Waals surface area contributed by atoms with Gasteiger partial charge in [0.05, 0.1) is 6.20 Å². The average molecular weight is 408 g/mol. The van der Waals surface area contributed by atoms with Crippen LogP contribution in [0.1, 0.15) is 11.4 Å². The van der Waals surface area contributed by atoms with Crippen LogP contribution in [0.15, 0.2) is 24.4 Å². The maximum Gasteiger partial charge on any atom is 0.435 e. The molecule has 0 aromatic carbocycles. The van der Waals surface area contributed by atoms with E-state index in [1.165, 1.54) is 14.1 Å². The molecule has 0 atom stereocenters. The Hall–Kier alpha value is -3.32. The molecule has 3 rings (SSSR count). The van der Waals surface area contributed by atoms with Gasteiger partial charge in [0.25, 0.3) is 0 Å². The molecule has 0 aliphatic heterocycles. The second-order valence-corrected chi connectivity index (χ2v) is 5.41. The number of ether oxygens (including phenoxy) is 2. The highest BCUT2D eigenvalue weighted by Gasteiger charge is 2.36. The third-order valence-corrected chi connectivity index (χ3v) is 3.29. The Morgan fingerprint density at radius 1 is 0.786 bits per heavy atom. The number of nitrogens with zero attached hydrogens (tertiary/aromatic N) is 6. The summed E-state index contributed by atoms with van der Waals surface area (Å²) >= 11 is 0. The molecule has 0 saturated carbocycles. The van der Waals surface area contributed by atoms with E-state index in [9.17, 15) is 26.3 Å². The number of halogens is 6. The van der Waals surface area contributed by atoms with Crippen molar-refractivity contribution < 1.29 is 35.8 Å². The summed E-state index contributed by atoms with van der Waals surface area (Å²) in [4.78, 5) is 0. The van der Waals surface area contributed by atoms with Crippen molar-refractivity contribution in [2.24, 2.45) is 14.1 Å². The Balaban J connectivity index is 1.80. The van der Waals surface area contributed by atoms with Gasteiger partial charge in [0.15, 0.2) is 17.1 Å². The van der Waals surface area contributed by atoms with Gasteiger partial charge in [-0.05, 0) is 0 Å². The number of aromatic nitrogens is 6. The first-order valence-corrected chi connectivity index (χ1v) is 7.34. The third-order valence-electron chi connectivity index (χ3n) is 3.29. The Labute approximate surface area is 152 Å². The van der Waals surface area contributed by atoms with Gasteiger partial charge in [-0.1, -0.05) is 0 Å². The lowest BCUT2D eigenvalue weighted by Crippen LogP contribution is -2.06. The number of hydrogen-bond acceptors (Lipinski definition) is 6. The fourth-order valence-corrected chi connectivity index (χ4v) is 2.03. The molecular weight excluding hydrogens is 398 g/mol. The molecule has 3 heterocycles. The van der Waals surface area contributed by atoms with Crippen LogP contribution in [0.4, 0.5) is 26.3 Å². The number of aryl methyl sites for hydroxylation is 2. The van der Waals surface area contributed by atoms with Gasteiger partial charge in [-0.15, -0.1) is 5.10 Å². The number of rotatable bonds is 4. The molecule has 3 aromatic heterocycles. The van der Waals surface area contributed by atoms with Crippen LogP contribution in [0.25, 0.3) is 0 Å². The van der Waals surface area contributed by atoms with Gasteiger partial charge in [-0.2, -0.15) is 41.6 Å². The van der Waals surface area contributed by atoms with Crippen molar-refractivity contribution in [2.45, 2.75) is 12.4 Å². The molecule has 0 spiro atoms. The summed E-state index contributed by atoms with van der Waals surface area (Å²) < 4.78 is 88.3. The van der Waals surface area contributed by atoms with Crippen LogP contribution in [0.5, 0.6) is 23.4 Å². The van der Waals surface area contributed by atoms with Crippen LogP contribution in [-0.4, -0.2) is 29.8 Å². The molecule has 0 fully saturated rings. The zero-order valence-corrected chi connectivity index (χ0v) is 14.1. The molecule has 28 heavy (non-hydrogen) atoms. The second-order valence-electron chi connectivity index (χ2n) is 5.41. The summed E-state index contributed by atoms with van der Waals surface area (Å²) in [6.07, 6.45) is -8.23. The van der Waals surface area contributed by atoms with Crippen molar-refractivity contribution in [1.82, 2.24) is 29.8 Å². The largest absolute Gasteiger partial charge is 0.437 e. The van der Waals surface area contributed by atoms with Gasteiger partial charge < -0.3 is 9.47 Å². The van der Waals surface area contributed by atoms with E-state index in [0.29, 0.717) is 12.1 Å². The lowest BCUT2D eigenvalue weighted by molar-refractivity contribution is -0.142. The van der Waals surface area contributed by atoms with Crippen molar-refractivity contribution in [1.29, 1.82) is 0 Å². The summed E-state index contributed by atoms with van der Waals surface area (Å²) in [7, 11) is 2.47. The Bertz CT molecular complexity index is 918. The van der Waals surface area contributed by atoms with Crippen molar-refractivity contribution in [2.75, 3.05) is 0 Å². The van der Waals surface area contributed by atoms with Crippen LogP contribution >= 0.6 is 0 Å². The summed E-state index contributed by atoms with van der Waals surface area (Å²) in [6, 6.07) is 2.47. The zero-order valence-electron chi connectivity index (χ0n) is 14.1. The van der Waals surface area contributed by atoms with Crippen LogP contribution in [0, 0.1) is 0 Å². The van der Waals surface area contributed by atoms with E-state index in [1.54, 1.807) is 0 Å². The topological polar surface area (TPSA) is 79.9 Å². The molecule has 0 amide bonds. The van der Waals surface area contributed by atoms with E-state index in [4.69, 9.17) is 9.47 Å². The maximum atomic E-state index is 12.7. The van der Waals surface area contributed by atoms with Gasteiger partial charge in [-0.3, -0.25) is 0 Å². The minimum absolute atomic E-state index is 0.0695. The van der Waals surface area contributed by atoms with Gasteiger partial charge >= 0.3 is 12.4 Å². The summed E-state index contributed by atoms with van der Waals surface area (Å²) in [5.41, 5.74) is -2.32. The van der Waals surface area contributed by atoms with E-state index in [0.717, 1.165) is 21.6 Å². The van der Waals surface area contributed by atoms with Gasteiger partial charge in [0.1, 0.15) is 0 Å². The molecule has 0 bridgehead atoms. The predicted molar refractivity (Wildman–Crippen MR) is 78.6 cm³/mol. The quantitative estimate of drug-likeness (QED) is 0.615. The molecule has 0 N–H and O–H groups in total. The minimum atomic E-state index is -4.66. The first kappa shape index (κ1) is 19.4. The molecule has 0 unspecified atom stereocenters. The fourth-order valence-electron chi connectivity index (χ4n) is 2.03. The SMILES string of the molecule is Cn1nc(C(F)(F)F)cc1Oc1cnnc(Oc2cc(C(F)(F)F)nn2C)c1. The molecule has 0 saturated heterocycles. The third kappa shape index (κ3) is 4.15. The molecule has 0 aliphatic rings. The van der Waals surface area contributed by atoms with Crippen LogP contribution in [-0.2, 0) is 26.4 Å². The summed E-state index contributed by atoms with van der Waals surface area (Å²) in [5, 5.41) is 13.7. The van der Waals surface area contributed by atoms with Gasteiger partial charge in [0, 0.05) is 32.3 Å². The van der Waals surface area contributed by atoms with Gasteiger partial charge in [-0.25, -0.2) is 9.36 Å². The normalized spacial score (nSPS) is 12.3. The van der Waals surface area contributed by atoms with Crippen molar-refractivity contribution >= 4 is 0 Å². The number of alkyl halides is 6. The Morgan fingerprint density at radius 3 is 1.75 bits per heavy atom. The monoisotopic (exact) mass is 408 g/mol. The van der Waals surface area contributed by atoms with Crippen LogP contribution in [0.2, 0.25) is 0 Å². The number of hydrogen-bond donors (Lipinski definition) is 0. The van der Waals surface area contributed by atoms with Crippen molar-refractivity contribution in [3.63, 3.8) is 0 Å². The lowest BCUT2D eigenvalue weighted by atomic mass is 10.4. The smallest absolute Gasteiger partial charge is 0.435 e. The highest BCUT2D eigenvalue weighted by molar-refractivity contribution is 5.31. The fraction of sp³-hybridized carbons (Fsp3) is 0.286.